The number of allylic oxidation sites excluding steroid dienone is 1. The highest BCUT2D eigenvalue weighted by molar-refractivity contribution is 7.10. The van der Waals surface area contributed by atoms with Gasteiger partial charge in [-0.1, -0.05) is 42.5 Å². The Labute approximate surface area is 211 Å². The maximum absolute atomic E-state index is 13.0. The van der Waals surface area contributed by atoms with E-state index in [1.54, 1.807) is 78.9 Å². The zero-order valence-electron chi connectivity index (χ0n) is 19.0. The molecule has 1 aromatic heterocycles. The molecule has 0 aliphatic rings. The average Bonchev–Trinajstić information content (AvgIpc) is 3.42. The maximum atomic E-state index is 13.0. The Bertz CT molecular complexity index is 1410. The lowest BCUT2D eigenvalue weighted by molar-refractivity contribution is -0.113. The van der Waals surface area contributed by atoms with Crippen LogP contribution < -0.4 is 10.6 Å². The Hall–Kier alpha value is -4.62. The van der Waals surface area contributed by atoms with Crippen molar-refractivity contribution in [2.45, 2.75) is 0 Å². The number of nitrogens with one attached hydrogen (secondary N) is 2. The lowest BCUT2D eigenvalue weighted by atomic mass is 10.1. The Morgan fingerprint density at radius 3 is 2.17 bits per heavy atom. The summed E-state index contributed by atoms with van der Waals surface area (Å²) < 4.78 is 13.0. The summed E-state index contributed by atoms with van der Waals surface area (Å²) in [6.45, 7) is 0. The van der Waals surface area contributed by atoms with Gasteiger partial charge in [0, 0.05) is 21.7 Å². The normalized spacial score (nSPS) is 11.3. The van der Waals surface area contributed by atoms with E-state index in [1.165, 1.54) is 29.5 Å². The molecule has 4 rings (SSSR count). The Kier molecular flexibility index (Phi) is 7.95. The quantitative estimate of drug-likeness (QED) is 0.226. The second kappa shape index (κ2) is 11.7. The molecule has 178 valence electrons. The number of carbonyl (C=O) groups excluding carboxylic acids is 3. The van der Waals surface area contributed by atoms with Crippen molar-refractivity contribution >= 4 is 46.8 Å². The molecule has 2 N–H and O–H groups in total. The van der Waals surface area contributed by atoms with E-state index in [0.29, 0.717) is 22.4 Å². The van der Waals surface area contributed by atoms with Crippen LogP contribution in [0, 0.1) is 5.82 Å². The maximum Gasteiger partial charge on any atom is 0.272 e. The largest absolute Gasteiger partial charge is 0.321 e. The minimum absolute atomic E-state index is 0.0914. The number of ketones is 1. The van der Waals surface area contributed by atoms with E-state index in [2.05, 4.69) is 10.6 Å². The molecule has 3 aromatic carbocycles. The van der Waals surface area contributed by atoms with Gasteiger partial charge in [-0.05, 0) is 77.7 Å². The lowest BCUT2D eigenvalue weighted by Gasteiger charge is -2.11. The molecular formula is C29H21FN2O3S. The molecular weight excluding hydrogens is 475 g/mol. The monoisotopic (exact) mass is 496 g/mol. The Morgan fingerprint density at radius 1 is 0.778 bits per heavy atom. The van der Waals surface area contributed by atoms with Gasteiger partial charge in [-0.25, -0.2) is 4.39 Å². The molecule has 2 amide bonds. The molecule has 0 spiro atoms. The second-order valence-electron chi connectivity index (χ2n) is 7.67. The molecule has 0 bridgehead atoms. The van der Waals surface area contributed by atoms with Crippen molar-refractivity contribution in [2.24, 2.45) is 0 Å². The Balaban J connectivity index is 1.45. The number of hydrogen-bond acceptors (Lipinski definition) is 4. The first-order valence-corrected chi connectivity index (χ1v) is 11.9. The van der Waals surface area contributed by atoms with Crippen LogP contribution in [-0.2, 0) is 4.79 Å². The van der Waals surface area contributed by atoms with E-state index in [0.717, 1.165) is 4.88 Å². The third-order valence-corrected chi connectivity index (χ3v) is 5.90. The highest BCUT2D eigenvalue weighted by Crippen LogP contribution is 2.16. The predicted molar refractivity (Wildman–Crippen MR) is 141 cm³/mol. The summed E-state index contributed by atoms with van der Waals surface area (Å²) in [6, 6.07) is 24.5. The van der Waals surface area contributed by atoms with E-state index < -0.39 is 11.8 Å². The van der Waals surface area contributed by atoms with Crippen LogP contribution in [0.2, 0.25) is 0 Å². The fourth-order valence-electron chi connectivity index (χ4n) is 3.22. The van der Waals surface area contributed by atoms with E-state index >= 15 is 0 Å². The second-order valence-corrected chi connectivity index (χ2v) is 8.65. The molecule has 0 aliphatic heterocycles. The number of halogens is 1. The van der Waals surface area contributed by atoms with Crippen LogP contribution >= 0.6 is 11.3 Å². The molecule has 4 aromatic rings. The molecule has 0 saturated heterocycles. The first-order chi connectivity index (χ1) is 17.5. The SMILES string of the molecule is O=C(Nc1ccc(C(=O)/C=C/c2ccc(F)cc2)cc1)/C(=C/c1cccs1)NC(=O)c1ccccc1. The number of rotatable bonds is 8. The number of anilines is 1. The number of amides is 2. The van der Waals surface area contributed by atoms with Crippen LogP contribution in [0.1, 0.15) is 31.2 Å². The van der Waals surface area contributed by atoms with Gasteiger partial charge in [0.15, 0.2) is 5.78 Å². The summed E-state index contributed by atoms with van der Waals surface area (Å²) in [5.74, 6) is -1.47. The summed E-state index contributed by atoms with van der Waals surface area (Å²) in [5, 5.41) is 7.32. The third-order valence-electron chi connectivity index (χ3n) is 5.08. The molecule has 0 aliphatic carbocycles. The topological polar surface area (TPSA) is 75.3 Å². The Morgan fingerprint density at radius 2 is 1.50 bits per heavy atom. The summed E-state index contributed by atoms with van der Waals surface area (Å²) in [5.41, 5.74) is 2.12. The van der Waals surface area contributed by atoms with Crippen molar-refractivity contribution in [3.8, 4) is 0 Å². The molecule has 5 nitrogen and oxygen atoms in total. The van der Waals surface area contributed by atoms with Crippen molar-refractivity contribution in [1.82, 2.24) is 5.32 Å². The van der Waals surface area contributed by atoms with Crippen LogP contribution in [0.5, 0.6) is 0 Å². The van der Waals surface area contributed by atoms with Crippen LogP contribution in [-0.4, -0.2) is 17.6 Å². The van der Waals surface area contributed by atoms with Crippen LogP contribution in [0.15, 0.2) is 108 Å². The van der Waals surface area contributed by atoms with Crippen molar-refractivity contribution in [2.75, 3.05) is 5.32 Å². The number of benzene rings is 3. The molecule has 0 unspecified atom stereocenters. The molecule has 1 heterocycles. The first kappa shape index (κ1) is 24.5. The zero-order chi connectivity index (χ0) is 25.3. The van der Waals surface area contributed by atoms with Gasteiger partial charge in [-0.2, -0.15) is 0 Å². The third kappa shape index (κ3) is 6.71. The minimum Gasteiger partial charge on any atom is -0.321 e. The predicted octanol–water partition coefficient (Wildman–Crippen LogP) is 6.19. The summed E-state index contributed by atoms with van der Waals surface area (Å²) in [4.78, 5) is 38.9. The number of hydrogen-bond donors (Lipinski definition) is 2. The van der Waals surface area contributed by atoms with Gasteiger partial charge in [-0.3, -0.25) is 14.4 Å². The molecule has 36 heavy (non-hydrogen) atoms. The standard InChI is InChI=1S/C29H21FN2O3S/c30-23-13-8-20(9-14-23)10-17-27(33)21-11-15-24(16-12-21)31-29(35)26(19-25-7-4-18-36-25)32-28(34)22-5-2-1-3-6-22/h1-19H,(H,31,35)(H,32,34)/b17-10+,26-19-. The summed E-state index contributed by atoms with van der Waals surface area (Å²) >= 11 is 1.44. The summed E-state index contributed by atoms with van der Waals surface area (Å²) in [6.07, 6.45) is 4.62. The molecule has 0 saturated carbocycles. The molecule has 7 heteroatoms. The van der Waals surface area contributed by atoms with Crippen molar-refractivity contribution in [3.05, 3.63) is 136 Å². The van der Waals surface area contributed by atoms with Crippen molar-refractivity contribution in [3.63, 3.8) is 0 Å². The van der Waals surface area contributed by atoms with Gasteiger partial charge in [0.25, 0.3) is 11.8 Å². The van der Waals surface area contributed by atoms with Gasteiger partial charge in [0.2, 0.25) is 0 Å². The fraction of sp³-hybridized carbons (Fsp3) is 0. The minimum atomic E-state index is -0.497. The first-order valence-electron chi connectivity index (χ1n) is 11.0. The van der Waals surface area contributed by atoms with Crippen LogP contribution in [0.3, 0.4) is 0 Å². The highest BCUT2D eigenvalue weighted by Gasteiger charge is 2.15. The zero-order valence-corrected chi connectivity index (χ0v) is 19.8. The fourth-order valence-corrected chi connectivity index (χ4v) is 3.87. The van der Waals surface area contributed by atoms with E-state index in [-0.39, 0.29) is 17.3 Å². The lowest BCUT2D eigenvalue weighted by Crippen LogP contribution is -2.30. The van der Waals surface area contributed by atoms with Gasteiger partial charge in [0.05, 0.1) is 0 Å². The average molecular weight is 497 g/mol. The van der Waals surface area contributed by atoms with Gasteiger partial charge >= 0.3 is 0 Å². The van der Waals surface area contributed by atoms with Crippen LogP contribution in [0.4, 0.5) is 10.1 Å². The molecule has 0 fully saturated rings. The van der Waals surface area contributed by atoms with Gasteiger partial charge in [0.1, 0.15) is 11.5 Å². The van der Waals surface area contributed by atoms with Gasteiger partial charge < -0.3 is 10.6 Å². The molecule has 0 atom stereocenters. The number of thiophene rings is 1. The molecule has 0 radical (unpaired) electrons. The summed E-state index contributed by atoms with van der Waals surface area (Å²) in [7, 11) is 0. The van der Waals surface area contributed by atoms with Crippen molar-refractivity contribution < 1.29 is 18.8 Å². The number of carbonyl (C=O) groups is 3. The smallest absolute Gasteiger partial charge is 0.272 e. The van der Waals surface area contributed by atoms with Gasteiger partial charge in [-0.15, -0.1) is 11.3 Å². The highest BCUT2D eigenvalue weighted by atomic mass is 32.1. The van der Waals surface area contributed by atoms with E-state index in [4.69, 9.17) is 0 Å². The van der Waals surface area contributed by atoms with E-state index in [9.17, 15) is 18.8 Å². The van der Waals surface area contributed by atoms with Crippen LogP contribution in [0.25, 0.3) is 12.2 Å². The van der Waals surface area contributed by atoms with Crippen molar-refractivity contribution in [1.29, 1.82) is 0 Å². The van der Waals surface area contributed by atoms with E-state index in [1.807, 2.05) is 17.5 Å².